The van der Waals surface area contributed by atoms with Crippen molar-refractivity contribution in [1.29, 1.82) is 0 Å². The Hall–Kier alpha value is -2.57. The Bertz CT molecular complexity index is 658. The molecule has 0 N–H and O–H groups in total. The molecule has 1 rings (SSSR count). The fourth-order valence-electron chi connectivity index (χ4n) is 2.51. The Labute approximate surface area is 160 Å². The lowest BCUT2D eigenvalue weighted by atomic mass is 9.98. The summed E-state index contributed by atoms with van der Waals surface area (Å²) in [6.07, 6.45) is 0.480. The first-order valence-electron chi connectivity index (χ1n) is 9.17. The molecule has 1 atom stereocenters. The predicted molar refractivity (Wildman–Crippen MR) is 101 cm³/mol. The third-order valence-corrected chi connectivity index (χ3v) is 4.00. The molecular weight excluding hydrogens is 350 g/mol. The molecule has 0 aliphatic carbocycles. The van der Waals surface area contributed by atoms with Gasteiger partial charge >= 0.3 is 11.9 Å². The molecule has 0 saturated heterocycles. The molecular formula is C20H29NO6. The number of benzene rings is 1. The highest BCUT2D eigenvalue weighted by atomic mass is 16.6. The van der Waals surface area contributed by atoms with Gasteiger partial charge in [0.05, 0.1) is 13.2 Å². The van der Waals surface area contributed by atoms with Crippen molar-refractivity contribution in [1.82, 2.24) is 4.90 Å². The molecule has 0 aliphatic heterocycles. The second-order valence-electron chi connectivity index (χ2n) is 6.10. The molecule has 7 heteroatoms. The van der Waals surface area contributed by atoms with Crippen LogP contribution in [-0.2, 0) is 25.5 Å². The molecule has 150 valence electrons. The number of nitrogens with zero attached hydrogens (tertiary/aromatic N) is 1. The molecule has 0 aliphatic rings. The largest absolute Gasteiger partial charge is 0.481 e. The molecule has 0 unspecified atom stereocenters. The second kappa shape index (κ2) is 11.2. The summed E-state index contributed by atoms with van der Waals surface area (Å²) in [5.41, 5.74) is 1.04. The number of amides is 1. The van der Waals surface area contributed by atoms with Crippen molar-refractivity contribution in [3.63, 3.8) is 0 Å². The minimum Gasteiger partial charge on any atom is -0.481 e. The van der Waals surface area contributed by atoms with Crippen LogP contribution in [0.15, 0.2) is 18.2 Å². The van der Waals surface area contributed by atoms with Gasteiger partial charge in [0.15, 0.2) is 6.61 Å². The van der Waals surface area contributed by atoms with Gasteiger partial charge in [-0.1, -0.05) is 13.0 Å². The first-order chi connectivity index (χ1) is 12.8. The van der Waals surface area contributed by atoms with Gasteiger partial charge in [-0.3, -0.25) is 4.79 Å². The van der Waals surface area contributed by atoms with E-state index in [0.717, 1.165) is 5.56 Å². The predicted octanol–water partition coefficient (Wildman–Crippen LogP) is 2.46. The van der Waals surface area contributed by atoms with Crippen LogP contribution in [0.5, 0.6) is 5.75 Å². The van der Waals surface area contributed by atoms with Gasteiger partial charge in [0, 0.05) is 19.5 Å². The van der Waals surface area contributed by atoms with E-state index in [4.69, 9.17) is 14.2 Å². The van der Waals surface area contributed by atoms with Crippen LogP contribution >= 0.6 is 0 Å². The van der Waals surface area contributed by atoms with Crippen LogP contribution in [0, 0.1) is 5.92 Å². The smallest absolute Gasteiger partial charge is 0.344 e. The van der Waals surface area contributed by atoms with Crippen molar-refractivity contribution < 1.29 is 28.6 Å². The van der Waals surface area contributed by atoms with E-state index in [1.807, 2.05) is 13.8 Å². The van der Waals surface area contributed by atoms with Gasteiger partial charge in [-0.15, -0.1) is 0 Å². The summed E-state index contributed by atoms with van der Waals surface area (Å²) in [7, 11) is 1.76. The Morgan fingerprint density at radius 2 is 1.74 bits per heavy atom. The van der Waals surface area contributed by atoms with E-state index in [1.165, 1.54) is 0 Å². The van der Waals surface area contributed by atoms with Crippen LogP contribution in [0.2, 0.25) is 0 Å². The van der Waals surface area contributed by atoms with Crippen molar-refractivity contribution in [3.05, 3.63) is 29.3 Å². The Morgan fingerprint density at radius 1 is 1.07 bits per heavy atom. The SMILES string of the molecule is CCOC(=O)COc1ccc(C[C@H](C)C(=O)N(C)CC)cc1C(=O)OCC. The summed E-state index contributed by atoms with van der Waals surface area (Å²) >= 11 is 0. The topological polar surface area (TPSA) is 82.1 Å². The van der Waals surface area contributed by atoms with Crippen molar-refractivity contribution >= 4 is 17.8 Å². The fourth-order valence-corrected chi connectivity index (χ4v) is 2.51. The Morgan fingerprint density at radius 3 is 2.33 bits per heavy atom. The third kappa shape index (κ3) is 6.92. The van der Waals surface area contributed by atoms with E-state index >= 15 is 0 Å². The van der Waals surface area contributed by atoms with Crippen LogP contribution in [-0.4, -0.2) is 56.2 Å². The molecule has 27 heavy (non-hydrogen) atoms. The van der Waals surface area contributed by atoms with Crippen LogP contribution in [0.4, 0.5) is 0 Å². The van der Waals surface area contributed by atoms with E-state index in [0.29, 0.717) is 13.0 Å². The van der Waals surface area contributed by atoms with Gasteiger partial charge in [0.25, 0.3) is 0 Å². The first kappa shape index (κ1) is 22.5. The fraction of sp³-hybridized carbons (Fsp3) is 0.550. The van der Waals surface area contributed by atoms with E-state index < -0.39 is 11.9 Å². The summed E-state index contributed by atoms with van der Waals surface area (Å²) in [4.78, 5) is 37.7. The zero-order valence-corrected chi connectivity index (χ0v) is 16.7. The maximum absolute atomic E-state index is 12.3. The normalized spacial score (nSPS) is 11.4. The van der Waals surface area contributed by atoms with E-state index in [9.17, 15) is 14.4 Å². The zero-order chi connectivity index (χ0) is 20.4. The van der Waals surface area contributed by atoms with Gasteiger partial charge in [-0.05, 0) is 44.9 Å². The number of esters is 2. The molecule has 0 bridgehead atoms. The van der Waals surface area contributed by atoms with Gasteiger partial charge < -0.3 is 19.1 Å². The lowest BCUT2D eigenvalue weighted by Gasteiger charge is -2.20. The summed E-state index contributed by atoms with van der Waals surface area (Å²) in [5, 5.41) is 0. The molecule has 1 aromatic carbocycles. The average Bonchev–Trinajstić information content (AvgIpc) is 2.65. The molecule has 0 heterocycles. The van der Waals surface area contributed by atoms with Crippen LogP contribution in [0.25, 0.3) is 0 Å². The standard InChI is InChI=1S/C20H29NO6/c1-6-21(5)19(23)14(4)11-15-9-10-17(27-13-18(22)25-7-2)16(12-15)20(24)26-8-3/h9-10,12,14H,6-8,11,13H2,1-5H3/t14-/m0/s1. The van der Waals surface area contributed by atoms with Gasteiger partial charge in [-0.2, -0.15) is 0 Å². The molecule has 1 aromatic rings. The van der Waals surface area contributed by atoms with E-state index in [2.05, 4.69) is 0 Å². The van der Waals surface area contributed by atoms with E-state index in [1.54, 1.807) is 44.0 Å². The number of carbonyl (C=O) groups is 3. The zero-order valence-electron chi connectivity index (χ0n) is 16.7. The van der Waals surface area contributed by atoms with Gasteiger partial charge in [-0.25, -0.2) is 9.59 Å². The molecule has 7 nitrogen and oxygen atoms in total. The Balaban J connectivity index is 2.99. The maximum atomic E-state index is 12.3. The van der Waals surface area contributed by atoms with Crippen molar-refractivity contribution in [2.75, 3.05) is 33.4 Å². The molecule has 0 radical (unpaired) electrons. The van der Waals surface area contributed by atoms with E-state index in [-0.39, 0.29) is 43.0 Å². The Kier molecular flexibility index (Phi) is 9.33. The summed E-state index contributed by atoms with van der Waals surface area (Å²) < 4.78 is 15.3. The number of hydrogen-bond acceptors (Lipinski definition) is 6. The number of ether oxygens (including phenoxy) is 3. The van der Waals surface area contributed by atoms with Gasteiger partial charge in [0.2, 0.25) is 5.91 Å². The third-order valence-electron chi connectivity index (χ3n) is 4.00. The second-order valence-corrected chi connectivity index (χ2v) is 6.10. The lowest BCUT2D eigenvalue weighted by Crippen LogP contribution is -2.32. The number of rotatable bonds is 10. The summed E-state index contributed by atoms with van der Waals surface area (Å²) in [6.45, 7) is 7.99. The maximum Gasteiger partial charge on any atom is 0.344 e. The van der Waals surface area contributed by atoms with Crippen molar-refractivity contribution in [2.45, 2.75) is 34.1 Å². The molecule has 0 aromatic heterocycles. The summed E-state index contributed by atoms with van der Waals surface area (Å²) in [6, 6.07) is 5.04. The average molecular weight is 379 g/mol. The number of hydrogen-bond donors (Lipinski definition) is 0. The molecule has 0 spiro atoms. The molecule has 0 saturated carbocycles. The van der Waals surface area contributed by atoms with Crippen LogP contribution in [0.3, 0.4) is 0 Å². The van der Waals surface area contributed by atoms with Crippen LogP contribution < -0.4 is 4.74 Å². The first-order valence-corrected chi connectivity index (χ1v) is 9.17. The molecule has 0 fully saturated rings. The highest BCUT2D eigenvalue weighted by molar-refractivity contribution is 5.93. The van der Waals surface area contributed by atoms with Crippen molar-refractivity contribution in [3.8, 4) is 5.75 Å². The monoisotopic (exact) mass is 379 g/mol. The van der Waals surface area contributed by atoms with Gasteiger partial charge in [0.1, 0.15) is 11.3 Å². The minimum atomic E-state index is -0.539. The quantitative estimate of drug-likeness (QED) is 0.581. The number of carbonyl (C=O) groups excluding carboxylic acids is 3. The lowest BCUT2D eigenvalue weighted by molar-refractivity contribution is -0.145. The highest BCUT2D eigenvalue weighted by Crippen LogP contribution is 2.23. The summed E-state index contributed by atoms with van der Waals surface area (Å²) in [5.74, 6) is -0.995. The van der Waals surface area contributed by atoms with Crippen molar-refractivity contribution in [2.24, 2.45) is 5.92 Å². The minimum absolute atomic E-state index is 0.0397. The van der Waals surface area contributed by atoms with Crippen LogP contribution in [0.1, 0.15) is 43.6 Å². The molecule has 1 amide bonds. The highest BCUT2D eigenvalue weighted by Gasteiger charge is 2.20.